The zero-order chi connectivity index (χ0) is 18.8. The maximum Gasteiger partial charge on any atom is 0.310 e. The number of hydrogen-bond donors (Lipinski definition) is 2. The number of aryl methyl sites for hydroxylation is 2. The molecule has 0 spiro atoms. The third-order valence-electron chi connectivity index (χ3n) is 4.40. The van der Waals surface area contributed by atoms with Gasteiger partial charge in [-0.25, -0.2) is 0 Å². The van der Waals surface area contributed by atoms with Gasteiger partial charge in [0.2, 0.25) is 0 Å². The molecule has 2 heterocycles. The van der Waals surface area contributed by atoms with Gasteiger partial charge in [0, 0.05) is 43.1 Å². The molecule has 1 aliphatic rings. The van der Waals surface area contributed by atoms with Crippen molar-refractivity contribution in [2.75, 3.05) is 11.4 Å². The van der Waals surface area contributed by atoms with Crippen LogP contribution in [0.1, 0.15) is 29.8 Å². The normalized spacial score (nSPS) is 15.7. The van der Waals surface area contributed by atoms with Gasteiger partial charge < -0.3 is 15.5 Å². The molecule has 3 rings (SSSR count). The largest absolute Gasteiger partial charge is 0.344 e. The van der Waals surface area contributed by atoms with Crippen molar-refractivity contribution in [2.24, 2.45) is 7.05 Å². The van der Waals surface area contributed by atoms with Crippen LogP contribution in [0.3, 0.4) is 0 Å². The maximum atomic E-state index is 12.5. The Labute approximate surface area is 151 Å². The second-order valence-electron chi connectivity index (χ2n) is 6.14. The Morgan fingerprint density at radius 2 is 1.96 bits per heavy atom. The molecule has 136 valence electrons. The first-order chi connectivity index (χ1) is 12.4. The van der Waals surface area contributed by atoms with Gasteiger partial charge in [-0.3, -0.25) is 19.1 Å². The number of anilines is 1. The predicted octanol–water partition coefficient (Wildman–Crippen LogP) is 0.569. The molecule has 1 aliphatic heterocycles. The van der Waals surface area contributed by atoms with Crippen LogP contribution in [0.2, 0.25) is 0 Å². The third-order valence-corrected chi connectivity index (χ3v) is 4.40. The van der Waals surface area contributed by atoms with Gasteiger partial charge in [0.1, 0.15) is 6.04 Å². The molecule has 1 aromatic heterocycles. The molecule has 0 bridgehead atoms. The van der Waals surface area contributed by atoms with Gasteiger partial charge in [0.25, 0.3) is 5.91 Å². The second-order valence-corrected chi connectivity index (χ2v) is 6.14. The standard InChI is InChI=1S/C18H21N5O3/c1-4-23-14-8-6-5-7-13(14)15(18(23)26)20-17(25)16(24)19-9-12-10-22(3)21-11(12)2/h5-8,10,15H,4,9H2,1-3H3,(H,19,24)(H,20,25)/t15-/m0/s1. The van der Waals surface area contributed by atoms with Crippen molar-refractivity contribution in [2.45, 2.75) is 26.4 Å². The van der Waals surface area contributed by atoms with Crippen molar-refractivity contribution in [3.8, 4) is 0 Å². The van der Waals surface area contributed by atoms with Crippen LogP contribution in [-0.4, -0.2) is 34.0 Å². The van der Waals surface area contributed by atoms with Gasteiger partial charge >= 0.3 is 11.8 Å². The number of aromatic nitrogens is 2. The van der Waals surface area contributed by atoms with Crippen LogP contribution in [-0.2, 0) is 28.0 Å². The van der Waals surface area contributed by atoms with Crippen molar-refractivity contribution < 1.29 is 14.4 Å². The average Bonchev–Trinajstić information content (AvgIpc) is 3.08. The number of carbonyl (C=O) groups is 3. The molecular formula is C18H21N5O3. The Kier molecular flexibility index (Phi) is 4.75. The van der Waals surface area contributed by atoms with E-state index in [1.54, 1.807) is 35.0 Å². The zero-order valence-corrected chi connectivity index (χ0v) is 14.9. The minimum atomic E-state index is -0.843. The smallest absolute Gasteiger partial charge is 0.310 e. The first-order valence-corrected chi connectivity index (χ1v) is 8.40. The fourth-order valence-corrected chi connectivity index (χ4v) is 3.13. The number of nitrogens with zero attached hydrogens (tertiary/aromatic N) is 3. The van der Waals surface area contributed by atoms with E-state index in [2.05, 4.69) is 15.7 Å². The van der Waals surface area contributed by atoms with Gasteiger partial charge in [-0.2, -0.15) is 5.10 Å². The number of nitrogens with one attached hydrogen (secondary N) is 2. The molecule has 1 aromatic carbocycles. The summed E-state index contributed by atoms with van der Waals surface area (Å²) in [6, 6.07) is 6.40. The number of fused-ring (bicyclic) bond motifs is 1. The Morgan fingerprint density at radius 3 is 2.62 bits per heavy atom. The first kappa shape index (κ1) is 17.7. The van der Waals surface area contributed by atoms with Crippen molar-refractivity contribution in [3.63, 3.8) is 0 Å². The molecule has 1 atom stereocenters. The monoisotopic (exact) mass is 355 g/mol. The highest BCUT2D eigenvalue weighted by Crippen LogP contribution is 2.35. The van der Waals surface area contributed by atoms with E-state index in [0.717, 1.165) is 16.9 Å². The molecule has 8 heteroatoms. The van der Waals surface area contributed by atoms with Crippen molar-refractivity contribution in [3.05, 3.63) is 47.3 Å². The van der Waals surface area contributed by atoms with E-state index in [1.807, 2.05) is 26.0 Å². The highest BCUT2D eigenvalue weighted by molar-refractivity contribution is 6.35. The van der Waals surface area contributed by atoms with Crippen LogP contribution >= 0.6 is 0 Å². The molecule has 0 fully saturated rings. The minimum Gasteiger partial charge on any atom is -0.344 e. The Morgan fingerprint density at radius 1 is 1.23 bits per heavy atom. The highest BCUT2D eigenvalue weighted by atomic mass is 16.2. The molecule has 0 saturated carbocycles. The van der Waals surface area contributed by atoms with Crippen LogP contribution in [0.4, 0.5) is 5.69 Å². The van der Waals surface area contributed by atoms with Gasteiger partial charge in [0.15, 0.2) is 0 Å². The number of carbonyl (C=O) groups excluding carboxylic acids is 3. The number of rotatable bonds is 4. The molecule has 0 radical (unpaired) electrons. The lowest BCUT2D eigenvalue weighted by Crippen LogP contribution is -2.44. The molecule has 2 aromatic rings. The predicted molar refractivity (Wildman–Crippen MR) is 95.1 cm³/mol. The maximum absolute atomic E-state index is 12.5. The van der Waals surface area contributed by atoms with Gasteiger partial charge in [0.05, 0.1) is 5.69 Å². The van der Waals surface area contributed by atoms with Crippen molar-refractivity contribution in [1.29, 1.82) is 0 Å². The quantitative estimate of drug-likeness (QED) is 0.784. The molecule has 0 saturated heterocycles. The van der Waals surface area contributed by atoms with Gasteiger partial charge in [-0.05, 0) is 19.9 Å². The van der Waals surface area contributed by atoms with E-state index >= 15 is 0 Å². The lowest BCUT2D eigenvalue weighted by Gasteiger charge is -2.15. The highest BCUT2D eigenvalue weighted by Gasteiger charge is 2.38. The summed E-state index contributed by atoms with van der Waals surface area (Å²) in [5.41, 5.74) is 3.07. The minimum absolute atomic E-state index is 0.197. The molecule has 0 unspecified atom stereocenters. The van der Waals surface area contributed by atoms with E-state index < -0.39 is 17.9 Å². The van der Waals surface area contributed by atoms with Gasteiger partial charge in [-0.15, -0.1) is 0 Å². The Hall–Kier alpha value is -3.16. The van der Waals surface area contributed by atoms with Crippen LogP contribution in [0.5, 0.6) is 0 Å². The Bertz CT molecular complexity index is 873. The van der Waals surface area contributed by atoms with E-state index in [1.165, 1.54) is 0 Å². The number of hydrogen-bond acceptors (Lipinski definition) is 4. The SMILES string of the molecule is CCN1C(=O)[C@@H](NC(=O)C(=O)NCc2cn(C)nc2C)c2ccccc21. The van der Waals surface area contributed by atoms with Gasteiger partial charge in [-0.1, -0.05) is 18.2 Å². The summed E-state index contributed by atoms with van der Waals surface area (Å²) in [6.07, 6.45) is 1.78. The Balaban J connectivity index is 1.67. The van der Waals surface area contributed by atoms with Crippen LogP contribution in [0.15, 0.2) is 30.5 Å². The fraction of sp³-hybridized carbons (Fsp3) is 0.333. The molecule has 0 aliphatic carbocycles. The summed E-state index contributed by atoms with van der Waals surface area (Å²) in [4.78, 5) is 38.5. The van der Waals surface area contributed by atoms with Crippen molar-refractivity contribution >= 4 is 23.4 Å². The summed E-state index contributed by atoms with van der Waals surface area (Å²) >= 11 is 0. The molecule has 2 N–H and O–H groups in total. The summed E-state index contributed by atoms with van der Waals surface area (Å²) in [7, 11) is 1.79. The van der Waals surface area contributed by atoms with E-state index in [-0.39, 0.29) is 12.5 Å². The zero-order valence-electron chi connectivity index (χ0n) is 14.9. The van der Waals surface area contributed by atoms with Crippen LogP contribution in [0.25, 0.3) is 0 Å². The van der Waals surface area contributed by atoms with Crippen LogP contribution < -0.4 is 15.5 Å². The van der Waals surface area contributed by atoms with E-state index in [4.69, 9.17) is 0 Å². The fourth-order valence-electron chi connectivity index (χ4n) is 3.13. The summed E-state index contributed by atoms with van der Waals surface area (Å²) in [6.45, 7) is 4.38. The topological polar surface area (TPSA) is 96.3 Å². The third kappa shape index (κ3) is 3.17. The number of likely N-dealkylation sites (N-methyl/N-ethyl adjacent to an activating group) is 1. The van der Waals surface area contributed by atoms with Crippen LogP contribution in [0, 0.1) is 6.92 Å². The van der Waals surface area contributed by atoms with E-state index in [9.17, 15) is 14.4 Å². The molecule has 3 amide bonds. The lowest BCUT2D eigenvalue weighted by atomic mass is 10.1. The lowest BCUT2D eigenvalue weighted by molar-refractivity contribution is -0.140. The first-order valence-electron chi connectivity index (χ1n) is 8.40. The molecular weight excluding hydrogens is 334 g/mol. The number of para-hydroxylation sites is 1. The summed E-state index contributed by atoms with van der Waals surface area (Å²) in [5.74, 6) is -1.86. The number of benzene rings is 1. The van der Waals surface area contributed by atoms with E-state index in [0.29, 0.717) is 12.1 Å². The second kappa shape index (κ2) is 6.99. The number of amides is 3. The average molecular weight is 355 g/mol. The molecule has 8 nitrogen and oxygen atoms in total. The molecule has 26 heavy (non-hydrogen) atoms. The van der Waals surface area contributed by atoms with Crippen molar-refractivity contribution in [1.82, 2.24) is 20.4 Å². The summed E-state index contributed by atoms with van der Waals surface area (Å²) in [5, 5.41) is 9.29. The summed E-state index contributed by atoms with van der Waals surface area (Å²) < 4.78 is 1.64.